The van der Waals surface area contributed by atoms with Crippen LogP contribution in [0.25, 0.3) is 10.9 Å². The molecule has 1 aliphatic rings. The van der Waals surface area contributed by atoms with Gasteiger partial charge in [-0.15, -0.1) is 0 Å². The second-order valence-corrected chi connectivity index (χ2v) is 9.07. The van der Waals surface area contributed by atoms with Crippen LogP contribution in [0.3, 0.4) is 0 Å². The molecule has 1 aromatic carbocycles. The lowest BCUT2D eigenvalue weighted by Gasteiger charge is -2.28. The standard InChI is InChI=1S/C23H30FN5O5/c1-23(2,24)11-17(22(33)28-14(19(25)30)9-12-7-8-27-21(12)32)29-15-5-4-6-18(34-3)13(15)10-16(29)20(26)31/h4-6,10,12,14,17H,7-9,11H2,1-3H3,(H2,25,30)(H2,26,31)(H,27,32)(H,28,33)/t12-,14-,17-/m0/s1. The molecule has 184 valence electrons. The fourth-order valence-electron chi connectivity index (χ4n) is 4.36. The summed E-state index contributed by atoms with van der Waals surface area (Å²) >= 11 is 0. The van der Waals surface area contributed by atoms with E-state index in [0.29, 0.717) is 29.6 Å². The summed E-state index contributed by atoms with van der Waals surface area (Å²) in [5, 5.41) is 5.76. The van der Waals surface area contributed by atoms with E-state index in [9.17, 15) is 23.6 Å². The van der Waals surface area contributed by atoms with Gasteiger partial charge in [0, 0.05) is 24.3 Å². The molecule has 1 aromatic heterocycles. The van der Waals surface area contributed by atoms with Crippen LogP contribution in [-0.2, 0) is 14.4 Å². The van der Waals surface area contributed by atoms with Gasteiger partial charge in [0.15, 0.2) is 0 Å². The number of benzene rings is 1. The summed E-state index contributed by atoms with van der Waals surface area (Å²) in [5.74, 6) is -2.62. The highest BCUT2D eigenvalue weighted by atomic mass is 19.1. The van der Waals surface area contributed by atoms with E-state index in [1.54, 1.807) is 18.2 Å². The Balaban J connectivity index is 2.05. The zero-order valence-corrected chi connectivity index (χ0v) is 19.4. The number of carbonyl (C=O) groups excluding carboxylic acids is 4. The monoisotopic (exact) mass is 475 g/mol. The van der Waals surface area contributed by atoms with Crippen LogP contribution in [0.2, 0.25) is 0 Å². The molecule has 3 atom stereocenters. The van der Waals surface area contributed by atoms with Gasteiger partial charge in [-0.1, -0.05) is 6.07 Å². The molecule has 0 saturated carbocycles. The van der Waals surface area contributed by atoms with Gasteiger partial charge in [0.1, 0.15) is 29.2 Å². The predicted octanol–water partition coefficient (Wildman–Crippen LogP) is 0.924. The number of nitrogens with zero attached hydrogens (tertiary/aromatic N) is 1. The van der Waals surface area contributed by atoms with Gasteiger partial charge in [-0.3, -0.25) is 19.2 Å². The Labute approximate surface area is 196 Å². The lowest BCUT2D eigenvalue weighted by Crippen LogP contribution is -2.49. The number of halogens is 1. The van der Waals surface area contributed by atoms with Gasteiger partial charge in [0.25, 0.3) is 5.91 Å². The number of hydrogen-bond acceptors (Lipinski definition) is 5. The van der Waals surface area contributed by atoms with E-state index in [1.807, 2.05) is 0 Å². The van der Waals surface area contributed by atoms with Crippen LogP contribution in [0, 0.1) is 5.92 Å². The molecule has 0 radical (unpaired) electrons. The SMILES string of the molecule is COc1cccc2c1cc(C(N)=O)n2[C@@H](CC(C)(C)F)C(=O)N[C@@H](C[C@@H]1CCNC1=O)C(N)=O. The number of rotatable bonds is 10. The molecular formula is C23H30FN5O5. The van der Waals surface area contributed by atoms with E-state index in [0.717, 1.165) is 0 Å². The highest BCUT2D eigenvalue weighted by Gasteiger charge is 2.36. The van der Waals surface area contributed by atoms with E-state index in [1.165, 1.54) is 31.6 Å². The number of fused-ring (bicyclic) bond motifs is 1. The lowest BCUT2D eigenvalue weighted by molar-refractivity contribution is -0.131. The van der Waals surface area contributed by atoms with Crippen molar-refractivity contribution >= 4 is 34.5 Å². The number of hydrogen-bond donors (Lipinski definition) is 4. The van der Waals surface area contributed by atoms with Crippen molar-refractivity contribution in [1.29, 1.82) is 0 Å². The first-order chi connectivity index (χ1) is 15.9. The maximum Gasteiger partial charge on any atom is 0.265 e. The van der Waals surface area contributed by atoms with E-state index in [4.69, 9.17) is 16.2 Å². The Bertz CT molecular complexity index is 1120. The van der Waals surface area contributed by atoms with E-state index in [-0.39, 0.29) is 24.4 Å². The van der Waals surface area contributed by atoms with Crippen molar-refractivity contribution < 1.29 is 28.3 Å². The Morgan fingerprint density at radius 2 is 2.03 bits per heavy atom. The smallest absolute Gasteiger partial charge is 0.265 e. The van der Waals surface area contributed by atoms with Crippen LogP contribution in [-0.4, -0.2) is 53.6 Å². The lowest BCUT2D eigenvalue weighted by atomic mass is 9.96. The first kappa shape index (κ1) is 25.0. The van der Waals surface area contributed by atoms with Crippen molar-refractivity contribution in [2.45, 2.75) is 50.9 Å². The molecule has 34 heavy (non-hydrogen) atoms. The van der Waals surface area contributed by atoms with Gasteiger partial charge in [-0.25, -0.2) is 4.39 Å². The molecule has 0 unspecified atom stereocenters. The molecule has 0 aliphatic carbocycles. The third kappa shape index (κ3) is 5.29. The fraction of sp³-hybridized carbons (Fsp3) is 0.478. The van der Waals surface area contributed by atoms with Crippen LogP contribution in [0.5, 0.6) is 5.75 Å². The molecule has 10 nitrogen and oxygen atoms in total. The van der Waals surface area contributed by atoms with E-state index < -0.39 is 41.4 Å². The van der Waals surface area contributed by atoms with Crippen LogP contribution >= 0.6 is 0 Å². The van der Waals surface area contributed by atoms with Crippen LogP contribution < -0.4 is 26.8 Å². The van der Waals surface area contributed by atoms with Crippen molar-refractivity contribution in [1.82, 2.24) is 15.2 Å². The largest absolute Gasteiger partial charge is 0.496 e. The molecule has 3 rings (SSSR count). The van der Waals surface area contributed by atoms with E-state index >= 15 is 0 Å². The second-order valence-electron chi connectivity index (χ2n) is 9.07. The number of nitrogens with one attached hydrogen (secondary N) is 2. The van der Waals surface area contributed by atoms with Crippen molar-refractivity contribution in [3.8, 4) is 5.75 Å². The quantitative estimate of drug-likeness (QED) is 0.402. The van der Waals surface area contributed by atoms with Crippen LogP contribution in [0.1, 0.15) is 49.6 Å². The Kier molecular flexibility index (Phi) is 7.13. The second kappa shape index (κ2) is 9.70. The first-order valence-electron chi connectivity index (χ1n) is 11.0. The molecule has 2 aromatic rings. The van der Waals surface area contributed by atoms with Crippen LogP contribution in [0.15, 0.2) is 24.3 Å². The van der Waals surface area contributed by atoms with Crippen molar-refractivity contribution in [3.05, 3.63) is 30.0 Å². The number of methoxy groups -OCH3 is 1. The summed E-state index contributed by atoms with van der Waals surface area (Å²) < 4.78 is 21.6. The van der Waals surface area contributed by atoms with Crippen LogP contribution in [0.4, 0.5) is 4.39 Å². The number of aromatic nitrogens is 1. The normalized spacial score (nSPS) is 17.8. The number of primary amides is 2. The zero-order valence-electron chi connectivity index (χ0n) is 19.4. The highest BCUT2D eigenvalue weighted by Crippen LogP contribution is 2.35. The minimum absolute atomic E-state index is 0.0154. The molecule has 0 spiro atoms. The van der Waals surface area contributed by atoms with Crippen molar-refractivity contribution in [2.24, 2.45) is 17.4 Å². The number of ether oxygens (including phenoxy) is 1. The third-order valence-electron chi connectivity index (χ3n) is 5.95. The van der Waals surface area contributed by atoms with Gasteiger partial charge in [-0.2, -0.15) is 0 Å². The molecule has 0 bridgehead atoms. The summed E-state index contributed by atoms with van der Waals surface area (Å²) in [7, 11) is 1.46. The predicted molar refractivity (Wildman–Crippen MR) is 123 cm³/mol. The maximum absolute atomic E-state index is 14.9. The molecule has 1 saturated heterocycles. The minimum Gasteiger partial charge on any atom is -0.496 e. The Hall–Kier alpha value is -3.63. The van der Waals surface area contributed by atoms with Gasteiger partial charge < -0.3 is 31.4 Å². The average molecular weight is 476 g/mol. The molecule has 1 aliphatic heterocycles. The highest BCUT2D eigenvalue weighted by molar-refractivity contribution is 6.01. The average Bonchev–Trinajstić information content (AvgIpc) is 3.34. The van der Waals surface area contributed by atoms with E-state index in [2.05, 4.69) is 10.6 Å². The van der Waals surface area contributed by atoms with Gasteiger partial charge in [0.05, 0.1) is 12.6 Å². The van der Waals surface area contributed by atoms with Gasteiger partial charge in [0.2, 0.25) is 17.7 Å². The topological polar surface area (TPSA) is 159 Å². The summed E-state index contributed by atoms with van der Waals surface area (Å²) in [5.41, 5.74) is 9.70. The number of nitrogens with two attached hydrogens (primary N) is 2. The Morgan fingerprint density at radius 1 is 1.32 bits per heavy atom. The number of alkyl halides is 1. The number of carbonyl (C=O) groups is 4. The van der Waals surface area contributed by atoms with Crippen molar-refractivity contribution in [3.63, 3.8) is 0 Å². The molecule has 1 fully saturated rings. The summed E-state index contributed by atoms with van der Waals surface area (Å²) in [6.07, 6.45) is 0.199. The summed E-state index contributed by atoms with van der Waals surface area (Å²) in [6, 6.07) is 4.09. The van der Waals surface area contributed by atoms with Gasteiger partial charge in [-0.05, 0) is 44.9 Å². The molecule has 2 heterocycles. The molecule has 11 heteroatoms. The fourth-order valence-corrected chi connectivity index (χ4v) is 4.36. The first-order valence-corrected chi connectivity index (χ1v) is 11.0. The maximum atomic E-state index is 14.9. The summed E-state index contributed by atoms with van der Waals surface area (Å²) in [6.45, 7) is 3.08. The summed E-state index contributed by atoms with van der Waals surface area (Å²) in [4.78, 5) is 49.8. The molecule has 6 N–H and O–H groups in total. The van der Waals surface area contributed by atoms with Gasteiger partial charge >= 0.3 is 0 Å². The Morgan fingerprint density at radius 3 is 2.56 bits per heavy atom. The molecular weight excluding hydrogens is 445 g/mol. The third-order valence-corrected chi connectivity index (χ3v) is 5.95. The minimum atomic E-state index is -1.82. The number of amides is 4. The van der Waals surface area contributed by atoms with Crippen molar-refractivity contribution in [2.75, 3.05) is 13.7 Å². The molecule has 4 amide bonds. The zero-order chi connectivity index (χ0) is 25.2.